The summed E-state index contributed by atoms with van der Waals surface area (Å²) in [7, 11) is 3.00. The summed E-state index contributed by atoms with van der Waals surface area (Å²) in [5.74, 6) is -0.804. The molecule has 10 heteroatoms. The summed E-state index contributed by atoms with van der Waals surface area (Å²) in [6.07, 6.45) is 0. The van der Waals surface area contributed by atoms with Gasteiger partial charge in [0.05, 0.1) is 30.4 Å². The molecule has 178 valence electrons. The van der Waals surface area contributed by atoms with Crippen LogP contribution in [-0.2, 0) is 11.3 Å². The minimum atomic E-state index is -0.622. The second kappa shape index (κ2) is 10.8. The number of amides is 2. The molecule has 0 fully saturated rings. The standard InChI is InChI=1S/C24H23Cl2FN4O3/c1-13(25)22(30-24(26)28-3)16-9-18-19(20(27)10-16)11-31(23(18)33)12-21(32)29-14(2)15-6-5-7-17(8-15)34-4/h5-10,14H,1,11-12H2,2-4H3,(H,29,32)/b28-24-,30-22+/t14-/m1/s1. The fourth-order valence-corrected chi connectivity index (χ4v) is 3.80. The average molecular weight is 505 g/mol. The molecule has 2 amide bonds. The van der Waals surface area contributed by atoms with Crippen LogP contribution < -0.4 is 10.1 Å². The second-order valence-electron chi connectivity index (χ2n) is 7.57. The van der Waals surface area contributed by atoms with Crippen LogP contribution in [0.1, 0.15) is 40.0 Å². The van der Waals surface area contributed by atoms with E-state index in [1.54, 1.807) is 13.2 Å². The van der Waals surface area contributed by atoms with Crippen molar-refractivity contribution in [3.8, 4) is 5.75 Å². The Morgan fingerprint density at radius 3 is 2.71 bits per heavy atom. The Kier molecular flexibility index (Phi) is 8.06. The van der Waals surface area contributed by atoms with Crippen molar-refractivity contribution in [2.45, 2.75) is 19.5 Å². The first-order valence-corrected chi connectivity index (χ1v) is 11.0. The number of hydrogen-bond acceptors (Lipinski definition) is 4. The van der Waals surface area contributed by atoms with Gasteiger partial charge in [0.15, 0.2) is 0 Å². The highest BCUT2D eigenvalue weighted by Gasteiger charge is 2.32. The molecule has 0 spiro atoms. The van der Waals surface area contributed by atoms with Gasteiger partial charge >= 0.3 is 0 Å². The van der Waals surface area contributed by atoms with Crippen molar-refractivity contribution < 1.29 is 18.7 Å². The fourth-order valence-electron chi connectivity index (χ4n) is 3.56. The lowest BCUT2D eigenvalue weighted by Gasteiger charge is -2.19. The van der Waals surface area contributed by atoms with Crippen LogP contribution in [0.5, 0.6) is 5.75 Å². The van der Waals surface area contributed by atoms with E-state index in [1.165, 1.54) is 24.1 Å². The molecular formula is C24H23Cl2FN4O3. The monoisotopic (exact) mass is 504 g/mol. The Morgan fingerprint density at radius 1 is 1.32 bits per heavy atom. The minimum Gasteiger partial charge on any atom is -0.497 e. The van der Waals surface area contributed by atoms with Crippen molar-refractivity contribution in [1.82, 2.24) is 10.2 Å². The third-order valence-corrected chi connectivity index (χ3v) is 5.72. The van der Waals surface area contributed by atoms with Gasteiger partial charge in [-0.2, -0.15) is 0 Å². The number of carbonyl (C=O) groups is 2. The number of fused-ring (bicyclic) bond motifs is 1. The average Bonchev–Trinajstić information content (AvgIpc) is 3.12. The highest BCUT2D eigenvalue weighted by Crippen LogP contribution is 2.28. The largest absolute Gasteiger partial charge is 0.497 e. The van der Waals surface area contributed by atoms with Gasteiger partial charge in [-0.05, 0) is 48.4 Å². The first-order valence-electron chi connectivity index (χ1n) is 10.3. The summed E-state index contributed by atoms with van der Waals surface area (Å²) in [6, 6.07) is 9.66. The lowest BCUT2D eigenvalue weighted by Crippen LogP contribution is -2.38. The van der Waals surface area contributed by atoms with E-state index in [2.05, 4.69) is 21.9 Å². The van der Waals surface area contributed by atoms with Crippen molar-refractivity contribution in [3.05, 3.63) is 76.1 Å². The minimum absolute atomic E-state index is 0.00867. The highest BCUT2D eigenvalue weighted by molar-refractivity contribution is 6.66. The van der Waals surface area contributed by atoms with Crippen LogP contribution in [0, 0.1) is 5.82 Å². The number of carbonyl (C=O) groups excluding carboxylic acids is 2. The van der Waals surface area contributed by atoms with Gasteiger partial charge in [-0.3, -0.25) is 14.6 Å². The van der Waals surface area contributed by atoms with Crippen LogP contribution in [0.3, 0.4) is 0 Å². The van der Waals surface area contributed by atoms with Gasteiger partial charge in [0.25, 0.3) is 5.91 Å². The number of ether oxygens (including phenoxy) is 1. The van der Waals surface area contributed by atoms with E-state index in [0.29, 0.717) is 5.75 Å². The summed E-state index contributed by atoms with van der Waals surface area (Å²) < 4.78 is 20.1. The number of halogens is 3. The molecule has 1 heterocycles. The van der Waals surface area contributed by atoms with E-state index in [1.807, 2.05) is 25.1 Å². The third kappa shape index (κ3) is 5.63. The molecule has 1 aliphatic heterocycles. The molecule has 34 heavy (non-hydrogen) atoms. The normalized spacial score (nSPS) is 14.6. The van der Waals surface area contributed by atoms with E-state index in [-0.39, 0.29) is 57.8 Å². The maximum Gasteiger partial charge on any atom is 0.255 e. The smallest absolute Gasteiger partial charge is 0.255 e. The van der Waals surface area contributed by atoms with Crippen molar-refractivity contribution in [3.63, 3.8) is 0 Å². The topological polar surface area (TPSA) is 83.4 Å². The van der Waals surface area contributed by atoms with Crippen molar-refractivity contribution >= 4 is 46.0 Å². The zero-order chi connectivity index (χ0) is 25.0. The molecule has 0 bridgehead atoms. The van der Waals surface area contributed by atoms with Crippen LogP contribution in [0.15, 0.2) is 58.0 Å². The van der Waals surface area contributed by atoms with Crippen molar-refractivity contribution in [1.29, 1.82) is 0 Å². The number of nitrogens with one attached hydrogen (secondary N) is 1. The molecule has 1 N–H and O–H groups in total. The third-order valence-electron chi connectivity index (χ3n) is 5.29. The maximum atomic E-state index is 14.9. The number of aliphatic imine (C=N–C) groups is 2. The fraction of sp³-hybridized carbons (Fsp3) is 0.250. The molecule has 0 unspecified atom stereocenters. The zero-order valence-corrected chi connectivity index (χ0v) is 20.4. The van der Waals surface area contributed by atoms with Gasteiger partial charge in [-0.25, -0.2) is 9.38 Å². The van der Waals surface area contributed by atoms with E-state index in [4.69, 9.17) is 27.9 Å². The Hall–Kier alpha value is -3.23. The Balaban J connectivity index is 1.77. The molecule has 3 rings (SSSR count). The van der Waals surface area contributed by atoms with Gasteiger partial charge in [0, 0.05) is 23.7 Å². The van der Waals surface area contributed by atoms with E-state index < -0.39 is 11.7 Å². The quantitative estimate of drug-likeness (QED) is 0.343. The van der Waals surface area contributed by atoms with Gasteiger partial charge in [-0.15, -0.1) is 0 Å². The molecule has 0 aliphatic carbocycles. The van der Waals surface area contributed by atoms with Crippen LogP contribution in [-0.4, -0.2) is 48.4 Å². The number of hydrogen-bond donors (Lipinski definition) is 1. The van der Waals surface area contributed by atoms with Gasteiger partial charge in [0.1, 0.15) is 18.1 Å². The molecule has 0 aromatic heterocycles. The first-order chi connectivity index (χ1) is 16.1. The molecule has 2 aromatic rings. The number of allylic oxidation sites excluding steroid dienone is 1. The van der Waals surface area contributed by atoms with Crippen LogP contribution in [0.4, 0.5) is 4.39 Å². The molecule has 1 atom stereocenters. The molecule has 7 nitrogen and oxygen atoms in total. The second-order valence-corrected chi connectivity index (χ2v) is 8.36. The lowest BCUT2D eigenvalue weighted by molar-refractivity contribution is -0.122. The molecular weight excluding hydrogens is 482 g/mol. The number of rotatable bonds is 7. The van der Waals surface area contributed by atoms with E-state index in [9.17, 15) is 14.0 Å². The molecule has 0 saturated carbocycles. The SMILES string of the molecule is C=C(Cl)/C(=N\C(Cl)=N/C)c1cc(F)c2c(c1)C(=O)N(CC(=O)N[C@H](C)c1cccc(OC)c1)C2. The van der Waals surface area contributed by atoms with Crippen LogP contribution in [0.2, 0.25) is 0 Å². The van der Waals surface area contributed by atoms with Gasteiger partial charge < -0.3 is 15.0 Å². The van der Waals surface area contributed by atoms with Gasteiger partial charge in [0.2, 0.25) is 11.2 Å². The molecule has 0 saturated heterocycles. The Morgan fingerprint density at radius 2 is 2.06 bits per heavy atom. The Labute approximate surface area is 206 Å². The molecule has 2 aromatic carbocycles. The Bertz CT molecular complexity index is 1210. The predicted molar refractivity (Wildman–Crippen MR) is 131 cm³/mol. The summed E-state index contributed by atoms with van der Waals surface area (Å²) in [6.45, 7) is 5.18. The molecule has 1 aliphatic rings. The van der Waals surface area contributed by atoms with E-state index >= 15 is 0 Å². The zero-order valence-electron chi connectivity index (χ0n) is 18.9. The van der Waals surface area contributed by atoms with E-state index in [0.717, 1.165) is 5.56 Å². The number of methoxy groups -OCH3 is 1. The summed E-state index contributed by atoms with van der Waals surface area (Å²) >= 11 is 11.9. The van der Waals surface area contributed by atoms with Crippen molar-refractivity contribution in [2.75, 3.05) is 20.7 Å². The van der Waals surface area contributed by atoms with Crippen LogP contribution >= 0.6 is 23.2 Å². The van der Waals surface area contributed by atoms with Crippen molar-refractivity contribution in [2.24, 2.45) is 9.98 Å². The lowest BCUT2D eigenvalue weighted by atomic mass is 10.0. The number of amidine groups is 1. The maximum absolute atomic E-state index is 14.9. The highest BCUT2D eigenvalue weighted by atomic mass is 35.5. The number of nitrogens with zero attached hydrogens (tertiary/aromatic N) is 3. The molecule has 0 radical (unpaired) electrons. The summed E-state index contributed by atoms with van der Waals surface area (Å²) in [4.78, 5) is 34.6. The summed E-state index contributed by atoms with van der Waals surface area (Å²) in [5.41, 5.74) is 1.48. The summed E-state index contributed by atoms with van der Waals surface area (Å²) in [5, 5.41) is 2.76. The van der Waals surface area contributed by atoms with Gasteiger partial charge in [-0.1, -0.05) is 30.3 Å². The predicted octanol–water partition coefficient (Wildman–Crippen LogP) is 4.43. The van der Waals surface area contributed by atoms with Crippen LogP contribution in [0.25, 0.3) is 0 Å². The first kappa shape index (κ1) is 25.4. The number of benzene rings is 2.